The first-order chi connectivity index (χ1) is 12.6. The lowest BCUT2D eigenvalue weighted by Crippen LogP contribution is -2.31. The van der Waals surface area contributed by atoms with Crippen molar-refractivity contribution >= 4 is 0 Å². The van der Waals surface area contributed by atoms with Gasteiger partial charge >= 0.3 is 0 Å². The number of nitrogens with two attached hydrogens (primary N) is 1. The first-order valence-electron chi connectivity index (χ1n) is 12.3. The van der Waals surface area contributed by atoms with Gasteiger partial charge in [-0.05, 0) is 20.3 Å². The second-order valence-electron chi connectivity index (χ2n) is 9.46. The molecule has 1 nitrogen and oxygen atoms in total. The quantitative estimate of drug-likeness (QED) is 0.201. The average Bonchev–Trinajstić information content (AvgIpc) is 2.59. The van der Waals surface area contributed by atoms with Crippen molar-refractivity contribution in [3.63, 3.8) is 0 Å². The summed E-state index contributed by atoms with van der Waals surface area (Å²) in [5.74, 6) is 0. The predicted molar refractivity (Wildman–Crippen MR) is 121 cm³/mol. The van der Waals surface area contributed by atoms with E-state index in [-0.39, 0.29) is 5.54 Å². The van der Waals surface area contributed by atoms with Crippen molar-refractivity contribution in [1.29, 1.82) is 0 Å². The van der Waals surface area contributed by atoms with Gasteiger partial charge in [0.1, 0.15) is 0 Å². The second-order valence-corrected chi connectivity index (χ2v) is 9.46. The Hall–Kier alpha value is -0.0400. The van der Waals surface area contributed by atoms with Crippen LogP contribution in [0.5, 0.6) is 0 Å². The summed E-state index contributed by atoms with van der Waals surface area (Å²) in [5, 5.41) is 0. The number of hydrogen-bond donors (Lipinski definition) is 1. The summed E-state index contributed by atoms with van der Waals surface area (Å²) < 4.78 is 0. The highest BCUT2D eigenvalue weighted by Crippen LogP contribution is 2.16. The van der Waals surface area contributed by atoms with Crippen molar-refractivity contribution in [2.24, 2.45) is 5.73 Å². The van der Waals surface area contributed by atoms with Gasteiger partial charge in [-0.15, -0.1) is 0 Å². The maximum Gasteiger partial charge on any atom is 0.00970 e. The molecular weight excluding hydrogens is 314 g/mol. The molecule has 0 saturated carbocycles. The maximum atomic E-state index is 6.02. The first kappa shape index (κ1) is 26.0. The molecule has 0 aliphatic carbocycles. The Kier molecular flexibility index (Phi) is 19.7. The lowest BCUT2D eigenvalue weighted by atomic mass is 9.97. The Labute approximate surface area is 167 Å². The summed E-state index contributed by atoms with van der Waals surface area (Å²) in [7, 11) is 0. The zero-order chi connectivity index (χ0) is 19.3. The molecule has 26 heavy (non-hydrogen) atoms. The third-order valence-electron chi connectivity index (χ3n) is 5.67. The minimum atomic E-state index is 0.0360. The van der Waals surface area contributed by atoms with Gasteiger partial charge < -0.3 is 5.73 Å². The van der Waals surface area contributed by atoms with E-state index in [1.165, 1.54) is 135 Å². The molecule has 0 aliphatic heterocycles. The SMILES string of the molecule is CCCCCCCCCCCCCCCCCCCCCCC(C)(C)N. The molecule has 0 spiro atoms. The zero-order valence-electron chi connectivity index (χ0n) is 18.9. The second kappa shape index (κ2) is 19.7. The molecule has 0 saturated heterocycles. The predicted octanol–water partition coefficient (Wildman–Crippen LogP) is 8.94. The normalized spacial score (nSPS) is 12.0. The van der Waals surface area contributed by atoms with Gasteiger partial charge in [-0.1, -0.05) is 135 Å². The molecule has 2 N–H and O–H groups in total. The van der Waals surface area contributed by atoms with Crippen LogP contribution in [-0.4, -0.2) is 5.54 Å². The molecule has 0 amide bonds. The van der Waals surface area contributed by atoms with Crippen molar-refractivity contribution < 1.29 is 0 Å². The van der Waals surface area contributed by atoms with Crippen LogP contribution in [0.15, 0.2) is 0 Å². The Balaban J connectivity index is 3.01. The minimum Gasteiger partial charge on any atom is -0.326 e. The molecule has 0 aliphatic rings. The van der Waals surface area contributed by atoms with E-state index in [0.717, 1.165) is 0 Å². The zero-order valence-corrected chi connectivity index (χ0v) is 18.9. The summed E-state index contributed by atoms with van der Waals surface area (Å²) in [4.78, 5) is 0. The van der Waals surface area contributed by atoms with Crippen LogP contribution in [0.3, 0.4) is 0 Å². The Morgan fingerprint density at radius 1 is 0.423 bits per heavy atom. The van der Waals surface area contributed by atoms with E-state index in [1.807, 2.05) is 0 Å². The van der Waals surface area contributed by atoms with E-state index >= 15 is 0 Å². The maximum absolute atomic E-state index is 6.02. The third-order valence-corrected chi connectivity index (χ3v) is 5.67. The molecular formula is C25H53N. The molecule has 0 aromatic rings. The molecule has 0 atom stereocenters. The summed E-state index contributed by atoms with van der Waals surface area (Å²) in [6.45, 7) is 6.58. The Bertz CT molecular complexity index is 253. The van der Waals surface area contributed by atoms with Crippen molar-refractivity contribution in [2.75, 3.05) is 0 Å². The fourth-order valence-corrected chi connectivity index (χ4v) is 3.84. The molecule has 0 rings (SSSR count). The number of hydrogen-bond acceptors (Lipinski definition) is 1. The summed E-state index contributed by atoms with van der Waals surface area (Å²) in [6, 6.07) is 0. The van der Waals surface area contributed by atoms with E-state index in [0.29, 0.717) is 0 Å². The molecule has 0 heterocycles. The van der Waals surface area contributed by atoms with Gasteiger partial charge in [0, 0.05) is 5.54 Å². The number of unbranched alkanes of at least 4 members (excludes halogenated alkanes) is 19. The van der Waals surface area contributed by atoms with Crippen LogP contribution >= 0.6 is 0 Å². The smallest absolute Gasteiger partial charge is 0.00970 e. The fourth-order valence-electron chi connectivity index (χ4n) is 3.84. The van der Waals surface area contributed by atoms with E-state index in [2.05, 4.69) is 20.8 Å². The lowest BCUT2D eigenvalue weighted by Gasteiger charge is -2.17. The topological polar surface area (TPSA) is 26.0 Å². The Morgan fingerprint density at radius 3 is 0.885 bits per heavy atom. The van der Waals surface area contributed by atoms with Gasteiger partial charge in [-0.25, -0.2) is 0 Å². The average molecular weight is 368 g/mol. The van der Waals surface area contributed by atoms with E-state index in [4.69, 9.17) is 5.73 Å². The third kappa shape index (κ3) is 24.0. The van der Waals surface area contributed by atoms with Gasteiger partial charge in [0.2, 0.25) is 0 Å². The van der Waals surface area contributed by atoms with Crippen molar-refractivity contribution in [1.82, 2.24) is 0 Å². The molecule has 0 bridgehead atoms. The summed E-state index contributed by atoms with van der Waals surface area (Å²) in [5.41, 5.74) is 6.05. The lowest BCUT2D eigenvalue weighted by molar-refractivity contribution is 0.440. The molecule has 0 unspecified atom stereocenters. The van der Waals surface area contributed by atoms with E-state index < -0.39 is 0 Å². The summed E-state index contributed by atoms with van der Waals surface area (Å²) in [6.07, 6.45) is 30.1. The highest BCUT2D eigenvalue weighted by atomic mass is 14.7. The van der Waals surface area contributed by atoms with Crippen LogP contribution in [0.25, 0.3) is 0 Å². The van der Waals surface area contributed by atoms with E-state index in [9.17, 15) is 0 Å². The molecule has 0 radical (unpaired) electrons. The first-order valence-corrected chi connectivity index (χ1v) is 12.3. The molecule has 1 heteroatoms. The van der Waals surface area contributed by atoms with Crippen LogP contribution in [0.2, 0.25) is 0 Å². The standard InChI is InChI=1S/C25H53N/c1-4-5-6-7-8-9-10-11-12-13-14-15-16-17-18-19-20-21-22-23-24-25(2,3)26/h4-24,26H2,1-3H3. The highest BCUT2D eigenvalue weighted by Gasteiger charge is 2.08. The van der Waals surface area contributed by atoms with Crippen LogP contribution in [0.1, 0.15) is 156 Å². The highest BCUT2D eigenvalue weighted by molar-refractivity contribution is 4.70. The van der Waals surface area contributed by atoms with Gasteiger partial charge in [-0.2, -0.15) is 0 Å². The van der Waals surface area contributed by atoms with Crippen LogP contribution in [-0.2, 0) is 0 Å². The molecule has 158 valence electrons. The van der Waals surface area contributed by atoms with E-state index in [1.54, 1.807) is 0 Å². The van der Waals surface area contributed by atoms with Crippen molar-refractivity contribution in [3.8, 4) is 0 Å². The van der Waals surface area contributed by atoms with Gasteiger partial charge in [-0.3, -0.25) is 0 Å². The molecule has 0 aromatic heterocycles. The van der Waals surface area contributed by atoms with Gasteiger partial charge in [0.15, 0.2) is 0 Å². The monoisotopic (exact) mass is 367 g/mol. The minimum absolute atomic E-state index is 0.0360. The summed E-state index contributed by atoms with van der Waals surface area (Å²) >= 11 is 0. The fraction of sp³-hybridized carbons (Fsp3) is 1.00. The van der Waals surface area contributed by atoms with Crippen LogP contribution < -0.4 is 5.73 Å². The molecule has 0 aromatic carbocycles. The van der Waals surface area contributed by atoms with Crippen LogP contribution in [0, 0.1) is 0 Å². The Morgan fingerprint density at radius 2 is 0.654 bits per heavy atom. The molecule has 0 fully saturated rings. The largest absolute Gasteiger partial charge is 0.326 e. The number of rotatable bonds is 21. The van der Waals surface area contributed by atoms with Crippen LogP contribution in [0.4, 0.5) is 0 Å². The van der Waals surface area contributed by atoms with Crippen molar-refractivity contribution in [3.05, 3.63) is 0 Å². The van der Waals surface area contributed by atoms with Gasteiger partial charge in [0.25, 0.3) is 0 Å². The van der Waals surface area contributed by atoms with Crippen molar-refractivity contribution in [2.45, 2.75) is 161 Å². The van der Waals surface area contributed by atoms with Gasteiger partial charge in [0.05, 0.1) is 0 Å².